The molecule has 0 spiro atoms. The lowest BCUT2D eigenvalue weighted by atomic mass is 9.95. The number of carbonyl (C=O) groups is 3. The van der Waals surface area contributed by atoms with Crippen LogP contribution in [-0.2, 0) is 4.79 Å². The standard InChI is InChI=1S/C20H25N5O3S/c1-12(19(27)23-13-8-4-2-5-9-13)25(14-10-6-3-7-11-14)20(28)17-15(21)16(18(22)26)24-29-17/h3,6-7,10-13H,2,4-5,8-9,21H2,1H3,(H2,22,26)(H,23,27). The summed E-state index contributed by atoms with van der Waals surface area (Å²) in [6, 6.07) is 8.24. The molecule has 3 amide bonds. The summed E-state index contributed by atoms with van der Waals surface area (Å²) in [6.07, 6.45) is 5.26. The summed E-state index contributed by atoms with van der Waals surface area (Å²) in [6.45, 7) is 1.68. The largest absolute Gasteiger partial charge is 0.395 e. The van der Waals surface area contributed by atoms with Crippen LogP contribution in [0.1, 0.15) is 59.2 Å². The van der Waals surface area contributed by atoms with E-state index in [0.717, 1.165) is 37.2 Å². The number of hydrogen-bond donors (Lipinski definition) is 3. The number of hydrogen-bond acceptors (Lipinski definition) is 6. The maximum absolute atomic E-state index is 13.3. The Bertz CT molecular complexity index is 893. The van der Waals surface area contributed by atoms with Crippen molar-refractivity contribution in [3.63, 3.8) is 0 Å². The molecule has 0 saturated heterocycles. The summed E-state index contributed by atoms with van der Waals surface area (Å²) in [7, 11) is 0. The second-order valence-corrected chi connectivity index (χ2v) is 7.94. The van der Waals surface area contributed by atoms with Crippen molar-refractivity contribution in [1.29, 1.82) is 0 Å². The number of nitrogens with one attached hydrogen (secondary N) is 1. The van der Waals surface area contributed by atoms with Gasteiger partial charge < -0.3 is 16.8 Å². The average molecular weight is 416 g/mol. The molecule has 2 aromatic rings. The fourth-order valence-electron chi connectivity index (χ4n) is 3.53. The van der Waals surface area contributed by atoms with E-state index in [9.17, 15) is 14.4 Å². The van der Waals surface area contributed by atoms with Crippen molar-refractivity contribution < 1.29 is 14.4 Å². The van der Waals surface area contributed by atoms with Crippen molar-refractivity contribution in [3.8, 4) is 0 Å². The van der Waals surface area contributed by atoms with Gasteiger partial charge in [-0.15, -0.1) is 0 Å². The van der Waals surface area contributed by atoms with Crippen LogP contribution in [0.5, 0.6) is 0 Å². The Hall–Kier alpha value is -2.94. The van der Waals surface area contributed by atoms with Gasteiger partial charge in [0, 0.05) is 11.7 Å². The summed E-state index contributed by atoms with van der Waals surface area (Å²) in [5.41, 5.74) is 11.6. The molecular weight excluding hydrogens is 390 g/mol. The third-order valence-electron chi connectivity index (χ3n) is 5.13. The molecule has 1 aliphatic rings. The van der Waals surface area contributed by atoms with Gasteiger partial charge in [-0.2, -0.15) is 4.37 Å². The van der Waals surface area contributed by atoms with E-state index in [-0.39, 0.29) is 28.2 Å². The zero-order valence-electron chi connectivity index (χ0n) is 16.3. The molecular formula is C20H25N5O3S. The Morgan fingerprint density at radius 3 is 2.41 bits per heavy atom. The third kappa shape index (κ3) is 4.56. The molecule has 0 bridgehead atoms. The van der Waals surface area contributed by atoms with E-state index in [4.69, 9.17) is 11.5 Å². The predicted molar refractivity (Wildman–Crippen MR) is 113 cm³/mol. The molecule has 1 heterocycles. The van der Waals surface area contributed by atoms with Gasteiger partial charge in [0.25, 0.3) is 11.8 Å². The van der Waals surface area contributed by atoms with Crippen molar-refractivity contribution in [2.24, 2.45) is 5.73 Å². The highest BCUT2D eigenvalue weighted by Gasteiger charge is 2.33. The van der Waals surface area contributed by atoms with Crippen molar-refractivity contribution in [2.45, 2.75) is 51.1 Å². The van der Waals surface area contributed by atoms with Crippen LogP contribution < -0.4 is 21.7 Å². The highest BCUT2D eigenvalue weighted by molar-refractivity contribution is 7.09. The molecule has 8 nitrogen and oxygen atoms in total. The summed E-state index contributed by atoms with van der Waals surface area (Å²) >= 11 is 0.802. The van der Waals surface area contributed by atoms with Crippen LogP contribution in [0.4, 0.5) is 11.4 Å². The number of amides is 3. The van der Waals surface area contributed by atoms with Gasteiger partial charge in [0.2, 0.25) is 5.91 Å². The van der Waals surface area contributed by atoms with Gasteiger partial charge in [-0.05, 0) is 43.4 Å². The summed E-state index contributed by atoms with van der Waals surface area (Å²) < 4.78 is 3.90. The lowest BCUT2D eigenvalue weighted by Gasteiger charge is -2.31. The van der Waals surface area contributed by atoms with Gasteiger partial charge in [-0.3, -0.25) is 19.3 Å². The molecule has 1 atom stereocenters. The molecule has 0 radical (unpaired) electrons. The van der Waals surface area contributed by atoms with Gasteiger partial charge in [0.15, 0.2) is 5.69 Å². The molecule has 3 rings (SSSR count). The highest BCUT2D eigenvalue weighted by Crippen LogP contribution is 2.27. The molecule has 1 saturated carbocycles. The van der Waals surface area contributed by atoms with Gasteiger partial charge in [0.1, 0.15) is 10.9 Å². The number of nitrogen functional groups attached to an aromatic ring is 1. The highest BCUT2D eigenvalue weighted by atomic mass is 32.1. The second kappa shape index (κ2) is 9.04. The number of para-hydroxylation sites is 1. The molecule has 154 valence electrons. The first kappa shape index (κ1) is 20.8. The van der Waals surface area contributed by atoms with E-state index < -0.39 is 17.9 Å². The van der Waals surface area contributed by atoms with Crippen LogP contribution in [0.2, 0.25) is 0 Å². The minimum atomic E-state index is -0.799. The SMILES string of the molecule is CC(C(=O)NC1CCCCC1)N(C(=O)c1snc(C(N)=O)c1N)c1ccccc1. The molecule has 29 heavy (non-hydrogen) atoms. The first-order valence-corrected chi connectivity index (χ1v) is 10.4. The van der Waals surface area contributed by atoms with Gasteiger partial charge in [0.05, 0.1) is 5.69 Å². The van der Waals surface area contributed by atoms with Crippen molar-refractivity contribution in [3.05, 3.63) is 40.9 Å². The molecule has 1 aromatic carbocycles. The number of rotatable bonds is 6. The topological polar surface area (TPSA) is 131 Å². The third-order valence-corrected chi connectivity index (χ3v) is 5.98. The van der Waals surface area contributed by atoms with Crippen LogP contribution >= 0.6 is 11.5 Å². The number of carbonyl (C=O) groups excluding carboxylic acids is 3. The molecule has 9 heteroatoms. The minimum absolute atomic E-state index is 0.0617. The summed E-state index contributed by atoms with van der Waals surface area (Å²) in [5.74, 6) is -1.52. The second-order valence-electron chi connectivity index (χ2n) is 7.17. The average Bonchev–Trinajstić information content (AvgIpc) is 3.11. The molecule has 1 aromatic heterocycles. The monoisotopic (exact) mass is 415 g/mol. The molecule has 1 unspecified atom stereocenters. The normalized spacial score (nSPS) is 15.5. The Balaban J connectivity index is 1.89. The maximum Gasteiger partial charge on any atom is 0.272 e. The van der Waals surface area contributed by atoms with Gasteiger partial charge >= 0.3 is 0 Å². The smallest absolute Gasteiger partial charge is 0.272 e. The first-order chi connectivity index (χ1) is 13.9. The summed E-state index contributed by atoms with van der Waals surface area (Å²) in [5, 5.41) is 3.06. The van der Waals surface area contributed by atoms with E-state index >= 15 is 0 Å². The molecule has 5 N–H and O–H groups in total. The Morgan fingerprint density at radius 2 is 1.83 bits per heavy atom. The zero-order chi connectivity index (χ0) is 21.0. The fourth-order valence-corrected chi connectivity index (χ4v) is 4.27. The van der Waals surface area contributed by atoms with E-state index in [0.29, 0.717) is 5.69 Å². The number of nitrogens with zero attached hydrogens (tertiary/aromatic N) is 2. The van der Waals surface area contributed by atoms with E-state index in [2.05, 4.69) is 9.69 Å². The number of primary amides is 1. The molecule has 0 aliphatic heterocycles. The quantitative estimate of drug-likeness (QED) is 0.666. The van der Waals surface area contributed by atoms with Crippen LogP contribution in [-0.4, -0.2) is 34.2 Å². The maximum atomic E-state index is 13.3. The van der Waals surface area contributed by atoms with E-state index in [1.165, 1.54) is 11.3 Å². The first-order valence-electron chi connectivity index (χ1n) is 9.64. The van der Waals surface area contributed by atoms with Gasteiger partial charge in [-0.25, -0.2) is 0 Å². The summed E-state index contributed by atoms with van der Waals surface area (Å²) in [4.78, 5) is 39.2. The van der Waals surface area contributed by atoms with Crippen molar-refractivity contribution >= 4 is 40.6 Å². The number of anilines is 2. The van der Waals surface area contributed by atoms with Crippen molar-refractivity contribution in [1.82, 2.24) is 9.69 Å². The van der Waals surface area contributed by atoms with E-state index in [1.54, 1.807) is 31.2 Å². The van der Waals surface area contributed by atoms with E-state index in [1.807, 2.05) is 6.07 Å². The Morgan fingerprint density at radius 1 is 1.17 bits per heavy atom. The molecule has 1 fully saturated rings. The van der Waals surface area contributed by atoms with Crippen LogP contribution in [0.3, 0.4) is 0 Å². The van der Waals surface area contributed by atoms with Crippen LogP contribution in [0.15, 0.2) is 30.3 Å². The zero-order valence-corrected chi connectivity index (χ0v) is 17.1. The minimum Gasteiger partial charge on any atom is -0.395 e. The predicted octanol–water partition coefficient (Wildman–Crippen LogP) is 2.31. The van der Waals surface area contributed by atoms with Gasteiger partial charge in [-0.1, -0.05) is 37.5 Å². The Kier molecular flexibility index (Phi) is 6.48. The van der Waals surface area contributed by atoms with Crippen LogP contribution in [0.25, 0.3) is 0 Å². The number of benzene rings is 1. The lowest BCUT2D eigenvalue weighted by Crippen LogP contribution is -2.51. The molecule has 1 aliphatic carbocycles. The van der Waals surface area contributed by atoms with Crippen molar-refractivity contribution in [2.75, 3.05) is 10.6 Å². The Labute approximate surface area is 173 Å². The number of aromatic nitrogens is 1. The fraction of sp³-hybridized carbons (Fsp3) is 0.400. The lowest BCUT2D eigenvalue weighted by molar-refractivity contribution is -0.122. The van der Waals surface area contributed by atoms with Crippen LogP contribution in [0, 0.1) is 0 Å². The number of nitrogens with two attached hydrogens (primary N) is 2.